The molecule has 6 heteroatoms. The second-order valence-electron chi connectivity index (χ2n) is 7.21. The molecule has 0 bridgehead atoms. The van der Waals surface area contributed by atoms with E-state index in [1.54, 1.807) is 31.2 Å². The summed E-state index contributed by atoms with van der Waals surface area (Å²) in [5.41, 5.74) is 9.65. The van der Waals surface area contributed by atoms with Gasteiger partial charge in [0.1, 0.15) is 29.3 Å². The summed E-state index contributed by atoms with van der Waals surface area (Å²) in [7, 11) is 0. The lowest BCUT2D eigenvalue weighted by Crippen LogP contribution is -2.00. The van der Waals surface area contributed by atoms with Crippen molar-refractivity contribution in [2.45, 2.75) is 26.8 Å². The largest absolute Gasteiger partial charge is 0.457 e. The van der Waals surface area contributed by atoms with Gasteiger partial charge in [0.25, 0.3) is 0 Å². The molecule has 0 fully saturated rings. The molecule has 6 nitrogen and oxygen atoms in total. The number of ketones is 1. The van der Waals surface area contributed by atoms with Crippen molar-refractivity contribution in [3.8, 4) is 22.6 Å². The number of anilines is 1. The number of nitrogens with zero attached hydrogens (tertiary/aromatic N) is 3. The summed E-state index contributed by atoms with van der Waals surface area (Å²) in [5, 5.41) is 0.856. The van der Waals surface area contributed by atoms with Crippen LogP contribution < -0.4 is 10.5 Å². The van der Waals surface area contributed by atoms with Crippen molar-refractivity contribution in [3.05, 3.63) is 66.6 Å². The van der Waals surface area contributed by atoms with Gasteiger partial charge in [-0.25, -0.2) is 9.97 Å². The molecule has 0 aliphatic carbocycles. The van der Waals surface area contributed by atoms with Crippen LogP contribution in [0.25, 0.3) is 22.2 Å². The molecule has 0 atom stereocenters. The Kier molecular flexibility index (Phi) is 4.76. The molecule has 4 rings (SSSR count). The number of Topliss-reactive ketones (excluding diaryl/α,β-unsaturated/α-hetero) is 1. The molecule has 0 unspecified atom stereocenters. The summed E-state index contributed by atoms with van der Waals surface area (Å²) in [6.45, 7) is 5.76. The van der Waals surface area contributed by atoms with E-state index in [4.69, 9.17) is 10.5 Å². The number of rotatable bonds is 5. The predicted octanol–water partition coefficient (Wildman–Crippen LogP) is 5.26. The molecule has 2 N–H and O–H groups in total. The van der Waals surface area contributed by atoms with Crippen LogP contribution in [0.15, 0.2) is 61.1 Å². The van der Waals surface area contributed by atoms with Crippen LogP contribution in [0.5, 0.6) is 11.5 Å². The molecule has 29 heavy (non-hydrogen) atoms. The van der Waals surface area contributed by atoms with Crippen LogP contribution in [0.1, 0.15) is 37.2 Å². The highest BCUT2D eigenvalue weighted by molar-refractivity contribution is 6.00. The zero-order valence-electron chi connectivity index (χ0n) is 16.6. The molecule has 2 aromatic carbocycles. The Bertz CT molecular complexity index is 1180. The van der Waals surface area contributed by atoms with Gasteiger partial charge in [0.15, 0.2) is 5.78 Å². The molecular weight excluding hydrogens is 364 g/mol. The van der Waals surface area contributed by atoms with Gasteiger partial charge in [-0.2, -0.15) is 0 Å². The first-order valence-electron chi connectivity index (χ1n) is 9.44. The fourth-order valence-corrected chi connectivity index (χ4v) is 3.32. The highest BCUT2D eigenvalue weighted by atomic mass is 16.5. The molecule has 0 saturated heterocycles. The number of hydrogen-bond donors (Lipinski definition) is 1. The second-order valence-corrected chi connectivity index (χ2v) is 7.21. The quantitative estimate of drug-likeness (QED) is 0.473. The van der Waals surface area contributed by atoms with E-state index in [1.807, 2.05) is 24.3 Å². The first-order chi connectivity index (χ1) is 13.9. The maximum Gasteiger partial charge on any atom is 0.159 e. The van der Waals surface area contributed by atoms with Crippen molar-refractivity contribution in [2.24, 2.45) is 0 Å². The van der Waals surface area contributed by atoms with Crippen molar-refractivity contribution in [1.82, 2.24) is 14.5 Å². The Hall–Kier alpha value is -3.67. The number of benzene rings is 2. The predicted molar refractivity (Wildman–Crippen MR) is 114 cm³/mol. The molecule has 0 spiro atoms. The molecule has 2 aromatic heterocycles. The second kappa shape index (κ2) is 7.39. The third-order valence-corrected chi connectivity index (χ3v) is 4.86. The van der Waals surface area contributed by atoms with Gasteiger partial charge in [0.2, 0.25) is 0 Å². The highest BCUT2D eigenvalue weighted by Gasteiger charge is 2.16. The van der Waals surface area contributed by atoms with Crippen LogP contribution >= 0.6 is 0 Å². The lowest BCUT2D eigenvalue weighted by atomic mass is 10.1. The Balaban J connectivity index is 1.65. The van der Waals surface area contributed by atoms with E-state index in [9.17, 15) is 4.79 Å². The van der Waals surface area contributed by atoms with Crippen LogP contribution in [0.2, 0.25) is 0 Å². The van der Waals surface area contributed by atoms with E-state index in [0.717, 1.165) is 22.2 Å². The summed E-state index contributed by atoms with van der Waals surface area (Å²) in [6.07, 6.45) is 3.56. The van der Waals surface area contributed by atoms with Crippen LogP contribution in [-0.4, -0.2) is 20.3 Å². The average molecular weight is 386 g/mol. The molecule has 0 aliphatic heterocycles. The Morgan fingerprint density at radius 3 is 2.21 bits per heavy atom. The summed E-state index contributed by atoms with van der Waals surface area (Å²) in [6, 6.07) is 15.2. The van der Waals surface area contributed by atoms with Gasteiger partial charge in [-0.3, -0.25) is 4.79 Å². The van der Waals surface area contributed by atoms with Gasteiger partial charge in [0.05, 0.1) is 5.39 Å². The van der Waals surface area contributed by atoms with Crippen LogP contribution in [0.3, 0.4) is 0 Å². The minimum Gasteiger partial charge on any atom is -0.457 e. The molecule has 0 radical (unpaired) electrons. The van der Waals surface area contributed by atoms with Gasteiger partial charge < -0.3 is 15.0 Å². The number of fused-ring (bicyclic) bond motifs is 1. The average Bonchev–Trinajstić information content (AvgIpc) is 3.10. The third kappa shape index (κ3) is 3.57. The van der Waals surface area contributed by atoms with E-state index in [0.29, 0.717) is 22.9 Å². The number of carbonyl (C=O) groups excluding carboxylic acids is 1. The zero-order chi connectivity index (χ0) is 20.5. The van der Waals surface area contributed by atoms with E-state index >= 15 is 0 Å². The monoisotopic (exact) mass is 386 g/mol. The fraction of sp³-hybridized carbons (Fsp3) is 0.174. The smallest absolute Gasteiger partial charge is 0.159 e. The molecule has 4 aromatic rings. The first-order valence-corrected chi connectivity index (χ1v) is 9.44. The maximum atomic E-state index is 11.4. The fourth-order valence-electron chi connectivity index (χ4n) is 3.32. The third-order valence-electron chi connectivity index (χ3n) is 4.86. The van der Waals surface area contributed by atoms with Gasteiger partial charge in [0, 0.05) is 23.4 Å². The van der Waals surface area contributed by atoms with E-state index in [-0.39, 0.29) is 11.8 Å². The molecule has 0 saturated carbocycles. The Labute approximate surface area is 169 Å². The summed E-state index contributed by atoms with van der Waals surface area (Å²) < 4.78 is 7.99. The van der Waals surface area contributed by atoms with Crippen LogP contribution in [0, 0.1) is 0 Å². The molecule has 2 heterocycles. The summed E-state index contributed by atoms with van der Waals surface area (Å²) in [5.74, 6) is 1.89. The lowest BCUT2D eigenvalue weighted by Gasteiger charge is -2.08. The molecule has 0 amide bonds. The Morgan fingerprint density at radius 2 is 1.62 bits per heavy atom. The normalized spacial score (nSPS) is 11.2. The minimum absolute atomic E-state index is 0.0321. The number of nitrogen functional groups attached to an aromatic ring is 1. The van der Waals surface area contributed by atoms with E-state index in [2.05, 4.69) is 34.6 Å². The van der Waals surface area contributed by atoms with Crippen molar-refractivity contribution in [2.75, 3.05) is 5.73 Å². The number of hydrogen-bond acceptors (Lipinski definition) is 5. The van der Waals surface area contributed by atoms with Gasteiger partial charge in [-0.15, -0.1) is 0 Å². The van der Waals surface area contributed by atoms with E-state index < -0.39 is 0 Å². The van der Waals surface area contributed by atoms with Crippen molar-refractivity contribution in [3.63, 3.8) is 0 Å². The molecule has 146 valence electrons. The van der Waals surface area contributed by atoms with Gasteiger partial charge in [-0.05, 0) is 62.7 Å². The summed E-state index contributed by atoms with van der Waals surface area (Å²) in [4.78, 5) is 20.0. The van der Waals surface area contributed by atoms with Gasteiger partial charge >= 0.3 is 0 Å². The standard InChI is InChI=1S/C23H22N4O2/c1-14(2)27-12-20(21-22(24)25-13-26-23(21)27)17-6-10-19(11-7-17)29-18-8-4-16(5-9-18)15(3)28/h4-14H,1-3H3,(H2,24,25,26). The Morgan fingerprint density at radius 1 is 1.00 bits per heavy atom. The number of ether oxygens (including phenoxy) is 1. The zero-order valence-corrected chi connectivity index (χ0v) is 16.6. The number of aromatic nitrogens is 3. The topological polar surface area (TPSA) is 83.0 Å². The van der Waals surface area contributed by atoms with E-state index in [1.165, 1.54) is 6.33 Å². The number of carbonyl (C=O) groups is 1. The molecular formula is C23H22N4O2. The first kappa shape index (κ1) is 18.7. The SMILES string of the molecule is CC(=O)c1ccc(Oc2ccc(-c3cn(C(C)C)c4ncnc(N)c34)cc2)cc1. The van der Waals surface area contributed by atoms with Crippen molar-refractivity contribution >= 4 is 22.6 Å². The maximum absolute atomic E-state index is 11.4. The van der Waals surface area contributed by atoms with Crippen molar-refractivity contribution < 1.29 is 9.53 Å². The number of nitrogens with two attached hydrogens (primary N) is 1. The summed E-state index contributed by atoms with van der Waals surface area (Å²) >= 11 is 0. The van der Waals surface area contributed by atoms with Crippen molar-refractivity contribution in [1.29, 1.82) is 0 Å². The van der Waals surface area contributed by atoms with Crippen LogP contribution in [0.4, 0.5) is 5.82 Å². The minimum atomic E-state index is 0.0321. The lowest BCUT2D eigenvalue weighted by molar-refractivity contribution is 0.101. The highest BCUT2D eigenvalue weighted by Crippen LogP contribution is 2.35. The van der Waals surface area contributed by atoms with Gasteiger partial charge in [-0.1, -0.05) is 12.1 Å². The molecule has 0 aliphatic rings. The van der Waals surface area contributed by atoms with Crippen LogP contribution in [-0.2, 0) is 0 Å².